The molecule has 0 aliphatic heterocycles. The number of carbonyl (C=O) groups is 3. The van der Waals surface area contributed by atoms with Crippen LogP contribution in [0.5, 0.6) is 0 Å². The topological polar surface area (TPSA) is 104 Å². The van der Waals surface area contributed by atoms with Crippen molar-refractivity contribution in [2.45, 2.75) is 213 Å². The second kappa shape index (κ2) is 29.1. The number of aliphatic carboxylic acids is 2. The summed E-state index contributed by atoms with van der Waals surface area (Å²) in [5.74, 6) is -2.58. The molecule has 0 heterocycles. The van der Waals surface area contributed by atoms with Crippen LogP contribution in [0.1, 0.15) is 207 Å². The second-order valence-electron chi connectivity index (χ2n) is 13.2. The Morgan fingerprint density at radius 3 is 1.21 bits per heavy atom. The molecule has 0 aromatic carbocycles. The van der Waals surface area contributed by atoms with Crippen LogP contribution in [0.2, 0.25) is 0 Å². The third-order valence-corrected chi connectivity index (χ3v) is 9.24. The predicted octanol–water partition coefficient (Wildman–Crippen LogP) is 11.0. The van der Waals surface area contributed by atoms with Crippen molar-refractivity contribution in [3.63, 3.8) is 0 Å². The van der Waals surface area contributed by atoms with Crippen LogP contribution < -0.4 is 5.32 Å². The summed E-state index contributed by atoms with van der Waals surface area (Å²) in [6.45, 7) is 6.65. The molecule has 0 saturated carbocycles. The molecule has 0 aromatic rings. The van der Waals surface area contributed by atoms with Crippen LogP contribution in [-0.4, -0.2) is 33.6 Å². The van der Waals surface area contributed by atoms with Gasteiger partial charge in [0.1, 0.15) is 5.54 Å². The lowest BCUT2D eigenvalue weighted by molar-refractivity contribution is -0.152. The molecule has 0 aliphatic carbocycles. The number of carboxylic acids is 2. The van der Waals surface area contributed by atoms with Crippen LogP contribution in [0.4, 0.5) is 0 Å². The highest BCUT2D eigenvalue weighted by molar-refractivity contribution is 5.87. The van der Waals surface area contributed by atoms with Gasteiger partial charge in [0.05, 0.1) is 0 Å². The summed E-state index contributed by atoms with van der Waals surface area (Å²) in [6.07, 6.45) is 29.2. The number of hydrogen-bond acceptors (Lipinski definition) is 3. The largest absolute Gasteiger partial charge is 0.481 e. The Kier molecular flexibility index (Phi) is 28.1. The van der Waals surface area contributed by atoms with Crippen molar-refractivity contribution in [1.29, 1.82) is 0 Å². The fourth-order valence-corrected chi connectivity index (χ4v) is 6.42. The molecular formula is C37H71NO5. The van der Waals surface area contributed by atoms with Gasteiger partial charge in [-0.2, -0.15) is 0 Å². The van der Waals surface area contributed by atoms with Crippen molar-refractivity contribution in [1.82, 2.24) is 5.32 Å². The summed E-state index contributed by atoms with van der Waals surface area (Å²) in [4.78, 5) is 37.7. The fraction of sp³-hybridized carbons (Fsp3) is 0.919. The average Bonchev–Trinajstić information content (AvgIpc) is 2.98. The first-order valence-electron chi connectivity index (χ1n) is 18.6. The standard InChI is InChI=1S/C37H71NO5/c1-4-7-10-13-16-18-20-23-26-29-33(28-25-22-15-12-9-6-3)37(36(42)43,32-31-35(40)41)38-34(39)30-27-24-21-19-17-14-11-8-5-2/h33H,4-32H2,1-3H3,(H,38,39)(H,40,41)(H,42,43)/t33?,37-/m1/s1. The van der Waals surface area contributed by atoms with Crippen molar-refractivity contribution < 1.29 is 24.6 Å². The minimum absolute atomic E-state index is 0.0565. The molecule has 43 heavy (non-hydrogen) atoms. The molecule has 3 N–H and O–H groups in total. The van der Waals surface area contributed by atoms with E-state index in [1.54, 1.807) is 0 Å². The zero-order valence-electron chi connectivity index (χ0n) is 28.7. The van der Waals surface area contributed by atoms with Gasteiger partial charge in [-0.05, 0) is 31.6 Å². The number of hydrogen-bond donors (Lipinski definition) is 3. The van der Waals surface area contributed by atoms with Gasteiger partial charge in [-0.25, -0.2) is 4.79 Å². The molecule has 1 unspecified atom stereocenters. The molecule has 0 saturated heterocycles. The van der Waals surface area contributed by atoms with Gasteiger partial charge in [0.2, 0.25) is 5.91 Å². The van der Waals surface area contributed by atoms with E-state index >= 15 is 0 Å². The van der Waals surface area contributed by atoms with Crippen LogP contribution in [0.25, 0.3) is 0 Å². The summed E-state index contributed by atoms with van der Waals surface area (Å²) in [5, 5.41) is 23.1. The number of carbonyl (C=O) groups excluding carboxylic acids is 1. The van der Waals surface area contributed by atoms with Crippen molar-refractivity contribution in [3.8, 4) is 0 Å². The maximum absolute atomic E-state index is 13.2. The van der Waals surface area contributed by atoms with Crippen molar-refractivity contribution in [2.24, 2.45) is 5.92 Å². The van der Waals surface area contributed by atoms with Gasteiger partial charge in [-0.3, -0.25) is 9.59 Å². The van der Waals surface area contributed by atoms with Gasteiger partial charge in [0, 0.05) is 12.8 Å². The Bertz CT molecular complexity index is 682. The van der Waals surface area contributed by atoms with Gasteiger partial charge < -0.3 is 15.5 Å². The maximum atomic E-state index is 13.2. The van der Waals surface area contributed by atoms with Crippen LogP contribution in [0.15, 0.2) is 0 Å². The second-order valence-corrected chi connectivity index (χ2v) is 13.2. The van der Waals surface area contributed by atoms with Crippen LogP contribution in [-0.2, 0) is 14.4 Å². The summed E-state index contributed by atoms with van der Waals surface area (Å²) in [7, 11) is 0. The summed E-state index contributed by atoms with van der Waals surface area (Å²) < 4.78 is 0. The summed E-state index contributed by atoms with van der Waals surface area (Å²) in [5.41, 5.74) is -1.52. The first-order valence-corrected chi connectivity index (χ1v) is 18.6. The SMILES string of the molecule is CCCCCCCCCCCC(=O)N[C@@](CCC(=O)O)(C(=O)O)C(CCCCCCCC)CCCCCCCCCCC. The minimum atomic E-state index is -1.52. The fourth-order valence-electron chi connectivity index (χ4n) is 6.42. The quantitative estimate of drug-likeness (QED) is 0.0642. The smallest absolute Gasteiger partial charge is 0.329 e. The monoisotopic (exact) mass is 610 g/mol. The van der Waals surface area contributed by atoms with Gasteiger partial charge >= 0.3 is 11.9 Å². The maximum Gasteiger partial charge on any atom is 0.329 e. The molecule has 0 spiro atoms. The average molecular weight is 610 g/mol. The van der Waals surface area contributed by atoms with E-state index in [1.165, 1.54) is 96.3 Å². The lowest BCUT2D eigenvalue weighted by Gasteiger charge is -2.38. The highest BCUT2D eigenvalue weighted by Crippen LogP contribution is 2.34. The van der Waals surface area contributed by atoms with Crippen LogP contribution in [0, 0.1) is 5.92 Å². The Morgan fingerprint density at radius 1 is 0.512 bits per heavy atom. The number of nitrogens with one attached hydrogen (secondary N) is 1. The highest BCUT2D eigenvalue weighted by Gasteiger charge is 2.46. The lowest BCUT2D eigenvalue weighted by Crippen LogP contribution is -2.59. The molecule has 1 amide bonds. The van der Waals surface area contributed by atoms with Gasteiger partial charge in [0.15, 0.2) is 0 Å². The number of unbranched alkanes of at least 4 members (excludes halogenated alkanes) is 21. The summed E-state index contributed by atoms with van der Waals surface area (Å²) in [6, 6.07) is 0. The molecule has 0 radical (unpaired) electrons. The number of carboxylic acid groups (broad SMARTS) is 2. The van der Waals surface area contributed by atoms with E-state index in [9.17, 15) is 24.6 Å². The zero-order valence-corrected chi connectivity index (χ0v) is 28.7. The molecule has 0 bridgehead atoms. The Balaban J connectivity index is 5.24. The molecule has 6 nitrogen and oxygen atoms in total. The lowest BCUT2D eigenvalue weighted by atomic mass is 9.74. The van der Waals surface area contributed by atoms with E-state index in [1.807, 2.05) is 0 Å². The Hall–Kier alpha value is -1.59. The first kappa shape index (κ1) is 41.4. The zero-order chi connectivity index (χ0) is 32.0. The number of rotatable bonds is 33. The van der Waals surface area contributed by atoms with E-state index < -0.39 is 17.5 Å². The molecule has 6 heteroatoms. The van der Waals surface area contributed by atoms with E-state index in [4.69, 9.17) is 0 Å². The molecule has 0 fully saturated rings. The third-order valence-electron chi connectivity index (χ3n) is 9.24. The predicted molar refractivity (Wildman–Crippen MR) is 181 cm³/mol. The van der Waals surface area contributed by atoms with Crippen LogP contribution >= 0.6 is 0 Å². The number of amides is 1. The van der Waals surface area contributed by atoms with E-state index in [0.29, 0.717) is 12.8 Å². The van der Waals surface area contributed by atoms with Crippen molar-refractivity contribution in [2.75, 3.05) is 0 Å². The first-order chi connectivity index (χ1) is 20.8. The van der Waals surface area contributed by atoms with E-state index in [0.717, 1.165) is 64.2 Å². The van der Waals surface area contributed by atoms with Gasteiger partial charge in [-0.15, -0.1) is 0 Å². The van der Waals surface area contributed by atoms with Gasteiger partial charge in [0.25, 0.3) is 0 Å². The van der Waals surface area contributed by atoms with Crippen molar-refractivity contribution in [3.05, 3.63) is 0 Å². The third kappa shape index (κ3) is 22.6. The molecule has 0 aliphatic rings. The molecule has 254 valence electrons. The van der Waals surface area contributed by atoms with E-state index in [-0.39, 0.29) is 24.7 Å². The van der Waals surface area contributed by atoms with E-state index in [2.05, 4.69) is 26.1 Å². The molecule has 0 rings (SSSR count). The van der Waals surface area contributed by atoms with Crippen molar-refractivity contribution >= 4 is 17.8 Å². The van der Waals surface area contributed by atoms with Crippen LogP contribution in [0.3, 0.4) is 0 Å². The molecular weight excluding hydrogens is 538 g/mol. The molecule has 2 atom stereocenters. The van der Waals surface area contributed by atoms with Gasteiger partial charge in [-0.1, -0.05) is 168 Å². The minimum Gasteiger partial charge on any atom is -0.481 e. The summed E-state index contributed by atoms with van der Waals surface area (Å²) >= 11 is 0. The Labute approximate surface area is 266 Å². The molecule has 0 aromatic heterocycles. The Morgan fingerprint density at radius 2 is 0.860 bits per heavy atom. The highest BCUT2D eigenvalue weighted by atomic mass is 16.4. The normalized spacial score (nSPS) is 13.5.